The molecule has 1 heteroatoms. The molecule has 4 rings (SSSR count). The van der Waals surface area contributed by atoms with E-state index >= 15 is 0 Å². The van der Waals surface area contributed by atoms with E-state index in [1.807, 2.05) is 0 Å². The molecule has 0 saturated heterocycles. The van der Waals surface area contributed by atoms with Crippen molar-refractivity contribution in [3.8, 4) is 0 Å². The summed E-state index contributed by atoms with van der Waals surface area (Å²) in [5.74, 6) is 0.944. The highest BCUT2D eigenvalue weighted by Gasteiger charge is 2.38. The van der Waals surface area contributed by atoms with Crippen molar-refractivity contribution in [2.45, 2.75) is 31.7 Å². The number of rotatable bonds is 1. The molecule has 82 valence electrons. The van der Waals surface area contributed by atoms with Gasteiger partial charge in [-0.25, -0.2) is 0 Å². The molecule has 1 saturated carbocycles. The summed E-state index contributed by atoms with van der Waals surface area (Å²) in [5, 5.41) is 3.73. The van der Waals surface area contributed by atoms with E-state index in [9.17, 15) is 0 Å². The van der Waals surface area contributed by atoms with Crippen LogP contribution in [0.4, 0.5) is 0 Å². The van der Waals surface area contributed by atoms with Crippen LogP contribution < -0.4 is 5.32 Å². The Morgan fingerprint density at radius 1 is 1.12 bits per heavy atom. The minimum absolute atomic E-state index is 0.705. The van der Waals surface area contributed by atoms with Crippen LogP contribution in [0.2, 0.25) is 0 Å². The molecule has 1 aliphatic heterocycles. The van der Waals surface area contributed by atoms with Crippen LogP contribution in [0.3, 0.4) is 0 Å². The molecule has 0 bridgehead atoms. The highest BCUT2D eigenvalue weighted by Crippen LogP contribution is 2.45. The summed E-state index contributed by atoms with van der Waals surface area (Å²) in [6.07, 6.45) is 5.31. The molecule has 2 aliphatic carbocycles. The van der Waals surface area contributed by atoms with Crippen molar-refractivity contribution in [2.75, 3.05) is 6.54 Å². The minimum Gasteiger partial charge on any atom is -0.310 e. The van der Waals surface area contributed by atoms with Crippen LogP contribution in [0.1, 0.15) is 30.4 Å². The van der Waals surface area contributed by atoms with E-state index in [1.165, 1.54) is 32.2 Å². The summed E-state index contributed by atoms with van der Waals surface area (Å²) < 4.78 is 0. The Hall–Kier alpha value is -1.08. The maximum absolute atomic E-state index is 3.73. The molecule has 1 N–H and O–H groups in total. The van der Waals surface area contributed by atoms with Gasteiger partial charge in [0.2, 0.25) is 0 Å². The van der Waals surface area contributed by atoms with Crippen molar-refractivity contribution in [3.05, 3.63) is 41.0 Å². The third-order valence-electron chi connectivity index (χ3n) is 4.32. The van der Waals surface area contributed by atoms with Gasteiger partial charge in [0.15, 0.2) is 0 Å². The zero-order valence-electron chi connectivity index (χ0n) is 9.50. The van der Waals surface area contributed by atoms with Gasteiger partial charge in [-0.2, -0.15) is 0 Å². The smallest absolute Gasteiger partial charge is 0.0317 e. The zero-order chi connectivity index (χ0) is 10.5. The highest BCUT2D eigenvalue weighted by molar-refractivity contribution is 5.78. The van der Waals surface area contributed by atoms with Crippen molar-refractivity contribution < 1.29 is 0 Å². The highest BCUT2D eigenvalue weighted by atomic mass is 14.9. The first-order valence-electron chi connectivity index (χ1n) is 6.47. The Labute approximate surface area is 96.6 Å². The van der Waals surface area contributed by atoms with Crippen LogP contribution in [-0.4, -0.2) is 12.6 Å². The predicted octanol–water partition coefficient (Wildman–Crippen LogP) is 2.77. The second-order valence-electron chi connectivity index (χ2n) is 5.36. The van der Waals surface area contributed by atoms with E-state index in [1.54, 1.807) is 22.3 Å². The summed E-state index contributed by atoms with van der Waals surface area (Å²) in [6, 6.07) is 9.68. The van der Waals surface area contributed by atoms with Crippen molar-refractivity contribution >= 4 is 5.57 Å². The molecule has 3 aliphatic rings. The second-order valence-corrected chi connectivity index (χ2v) is 5.36. The van der Waals surface area contributed by atoms with Crippen molar-refractivity contribution in [2.24, 2.45) is 5.92 Å². The van der Waals surface area contributed by atoms with Gasteiger partial charge in [0.05, 0.1) is 0 Å². The lowest BCUT2D eigenvalue weighted by Gasteiger charge is -2.26. The van der Waals surface area contributed by atoms with E-state index in [2.05, 4.69) is 29.6 Å². The summed E-state index contributed by atoms with van der Waals surface area (Å²) in [5.41, 5.74) is 6.49. The van der Waals surface area contributed by atoms with E-state index in [0.29, 0.717) is 6.04 Å². The Kier molecular flexibility index (Phi) is 1.80. The summed E-state index contributed by atoms with van der Waals surface area (Å²) in [6.45, 7) is 1.17. The van der Waals surface area contributed by atoms with E-state index < -0.39 is 0 Å². The normalized spacial score (nSPS) is 27.9. The number of fused-ring (bicyclic) bond motifs is 2. The second kappa shape index (κ2) is 3.21. The fourth-order valence-electron chi connectivity index (χ4n) is 3.40. The maximum atomic E-state index is 3.73. The molecule has 16 heavy (non-hydrogen) atoms. The quantitative estimate of drug-likeness (QED) is 0.753. The fourth-order valence-corrected chi connectivity index (χ4v) is 3.40. The first-order valence-corrected chi connectivity index (χ1v) is 6.47. The van der Waals surface area contributed by atoms with Crippen LogP contribution in [0.25, 0.3) is 5.57 Å². The molecule has 0 spiro atoms. The lowest BCUT2D eigenvalue weighted by Crippen LogP contribution is -2.37. The Morgan fingerprint density at radius 3 is 2.88 bits per heavy atom. The fraction of sp³-hybridized carbons (Fsp3) is 0.467. The SMILES string of the molecule is c1ccc2c(c1)CC1=C2CCNC1C1CC1. The van der Waals surface area contributed by atoms with Gasteiger partial charge in [-0.3, -0.25) is 0 Å². The molecule has 1 nitrogen and oxygen atoms in total. The number of hydrogen-bond acceptors (Lipinski definition) is 1. The lowest BCUT2D eigenvalue weighted by molar-refractivity contribution is 0.503. The van der Waals surface area contributed by atoms with Gasteiger partial charge < -0.3 is 5.32 Å². The lowest BCUT2D eigenvalue weighted by atomic mass is 9.92. The Balaban J connectivity index is 1.79. The number of benzene rings is 1. The molecule has 0 aromatic heterocycles. The van der Waals surface area contributed by atoms with Gasteiger partial charge in [-0.1, -0.05) is 24.3 Å². The van der Waals surface area contributed by atoms with E-state index in [-0.39, 0.29) is 0 Å². The van der Waals surface area contributed by atoms with Gasteiger partial charge >= 0.3 is 0 Å². The first kappa shape index (κ1) is 9.00. The Morgan fingerprint density at radius 2 is 2.00 bits per heavy atom. The van der Waals surface area contributed by atoms with Gasteiger partial charge in [0, 0.05) is 6.04 Å². The molecular formula is C15H17N. The predicted molar refractivity (Wildman–Crippen MR) is 66.2 cm³/mol. The van der Waals surface area contributed by atoms with Gasteiger partial charge in [0.25, 0.3) is 0 Å². The van der Waals surface area contributed by atoms with Crippen LogP contribution in [0, 0.1) is 5.92 Å². The molecule has 1 aromatic rings. The summed E-state index contributed by atoms with van der Waals surface area (Å²) in [4.78, 5) is 0. The average Bonchev–Trinajstić information content (AvgIpc) is 3.09. The molecule has 1 unspecified atom stereocenters. The van der Waals surface area contributed by atoms with Gasteiger partial charge in [-0.05, 0) is 60.4 Å². The van der Waals surface area contributed by atoms with Gasteiger partial charge in [0.1, 0.15) is 0 Å². The van der Waals surface area contributed by atoms with Crippen LogP contribution >= 0.6 is 0 Å². The minimum atomic E-state index is 0.705. The molecular weight excluding hydrogens is 194 g/mol. The third kappa shape index (κ3) is 1.21. The monoisotopic (exact) mass is 211 g/mol. The van der Waals surface area contributed by atoms with Crippen molar-refractivity contribution in [1.82, 2.24) is 5.32 Å². The van der Waals surface area contributed by atoms with Crippen LogP contribution in [0.15, 0.2) is 29.8 Å². The van der Waals surface area contributed by atoms with Crippen LogP contribution in [-0.2, 0) is 6.42 Å². The van der Waals surface area contributed by atoms with E-state index in [4.69, 9.17) is 0 Å². The molecule has 0 amide bonds. The van der Waals surface area contributed by atoms with E-state index in [0.717, 1.165) is 5.92 Å². The average molecular weight is 211 g/mol. The molecule has 1 aromatic carbocycles. The van der Waals surface area contributed by atoms with Crippen LogP contribution in [0.5, 0.6) is 0 Å². The van der Waals surface area contributed by atoms with Gasteiger partial charge in [-0.15, -0.1) is 0 Å². The number of hydrogen-bond donors (Lipinski definition) is 1. The molecule has 1 fully saturated rings. The summed E-state index contributed by atoms with van der Waals surface area (Å²) >= 11 is 0. The first-order chi connectivity index (χ1) is 7.93. The largest absolute Gasteiger partial charge is 0.310 e. The topological polar surface area (TPSA) is 12.0 Å². The summed E-state index contributed by atoms with van der Waals surface area (Å²) in [7, 11) is 0. The Bertz CT molecular complexity index is 468. The third-order valence-corrected chi connectivity index (χ3v) is 4.32. The van der Waals surface area contributed by atoms with Crippen molar-refractivity contribution in [3.63, 3.8) is 0 Å². The standard InChI is InChI=1S/C15H17N/c1-2-4-12-11(3-1)9-14-13(12)7-8-16-15(14)10-5-6-10/h1-4,10,15-16H,5-9H2. The maximum Gasteiger partial charge on any atom is 0.0317 e. The number of nitrogens with one attached hydrogen (secondary N) is 1. The molecule has 0 radical (unpaired) electrons. The molecule has 1 heterocycles. The molecule has 1 atom stereocenters. The zero-order valence-corrected chi connectivity index (χ0v) is 9.50. The van der Waals surface area contributed by atoms with Crippen molar-refractivity contribution in [1.29, 1.82) is 0 Å².